The molecule has 0 aliphatic heterocycles. The number of aryl methyl sites for hydroxylation is 1. The van der Waals surface area contributed by atoms with Crippen LogP contribution in [0.15, 0.2) is 35.2 Å². The van der Waals surface area contributed by atoms with Crippen LogP contribution < -0.4 is 5.32 Å². The molecule has 18 heavy (non-hydrogen) atoms. The highest BCUT2D eigenvalue weighted by atomic mass is 79.9. The highest BCUT2D eigenvalue weighted by Crippen LogP contribution is 2.17. The summed E-state index contributed by atoms with van der Waals surface area (Å²) < 4.78 is 14.2. The molecule has 0 spiro atoms. The number of pyridine rings is 2. The molecule has 1 amide bonds. The smallest absolute Gasteiger partial charge is 0.259 e. The Hall–Kier alpha value is -1.82. The van der Waals surface area contributed by atoms with Crippen LogP contribution >= 0.6 is 15.9 Å². The van der Waals surface area contributed by atoms with E-state index < -0.39 is 11.7 Å². The maximum Gasteiger partial charge on any atom is 0.259 e. The third kappa shape index (κ3) is 2.70. The Labute approximate surface area is 111 Å². The van der Waals surface area contributed by atoms with Crippen LogP contribution in [0.25, 0.3) is 0 Å². The van der Waals surface area contributed by atoms with Gasteiger partial charge in [0.1, 0.15) is 5.82 Å². The first-order valence-electron chi connectivity index (χ1n) is 5.11. The van der Waals surface area contributed by atoms with E-state index in [2.05, 4.69) is 31.2 Å². The molecule has 2 aromatic rings. The number of nitrogens with one attached hydrogen (secondary N) is 1. The number of aromatic nitrogens is 2. The molecule has 0 bridgehead atoms. The normalized spacial score (nSPS) is 10.2. The molecule has 2 rings (SSSR count). The van der Waals surface area contributed by atoms with E-state index in [1.807, 2.05) is 6.07 Å². The predicted octanol–water partition coefficient (Wildman–Crippen LogP) is 2.94. The number of nitrogens with zero attached hydrogens (tertiary/aromatic N) is 2. The van der Waals surface area contributed by atoms with Crippen molar-refractivity contribution in [3.05, 3.63) is 52.1 Å². The molecule has 4 nitrogen and oxygen atoms in total. The van der Waals surface area contributed by atoms with Gasteiger partial charge in [-0.05, 0) is 40.5 Å². The lowest BCUT2D eigenvalue weighted by atomic mass is 10.2. The molecule has 1 N–H and O–H groups in total. The molecule has 0 aliphatic carbocycles. The number of amides is 1. The van der Waals surface area contributed by atoms with Crippen molar-refractivity contribution in [2.45, 2.75) is 6.92 Å². The molecule has 0 unspecified atom stereocenters. The monoisotopic (exact) mass is 309 g/mol. The number of hydrogen-bond acceptors (Lipinski definition) is 3. The summed E-state index contributed by atoms with van der Waals surface area (Å²) in [5.74, 6) is -0.808. The first-order chi connectivity index (χ1) is 8.58. The lowest BCUT2D eigenvalue weighted by Gasteiger charge is -2.07. The molecule has 0 fully saturated rings. The van der Waals surface area contributed by atoms with Gasteiger partial charge in [0, 0.05) is 16.9 Å². The topological polar surface area (TPSA) is 54.9 Å². The van der Waals surface area contributed by atoms with Crippen LogP contribution in [-0.4, -0.2) is 15.9 Å². The number of rotatable bonds is 2. The Morgan fingerprint density at radius 3 is 2.89 bits per heavy atom. The molecule has 0 saturated heterocycles. The van der Waals surface area contributed by atoms with Gasteiger partial charge in [-0.1, -0.05) is 0 Å². The Morgan fingerprint density at radius 2 is 2.22 bits per heavy atom. The van der Waals surface area contributed by atoms with Crippen molar-refractivity contribution in [3.63, 3.8) is 0 Å². The Bertz CT molecular complexity index is 604. The zero-order valence-corrected chi connectivity index (χ0v) is 11.0. The van der Waals surface area contributed by atoms with Gasteiger partial charge in [-0.2, -0.15) is 0 Å². The summed E-state index contributed by atoms with van der Waals surface area (Å²) in [6, 6.07) is 3.13. The molecule has 92 valence electrons. The van der Waals surface area contributed by atoms with E-state index in [9.17, 15) is 9.18 Å². The molecule has 0 aliphatic rings. The summed E-state index contributed by atoms with van der Waals surface area (Å²) in [7, 11) is 0. The summed E-state index contributed by atoms with van der Waals surface area (Å²) in [5, 5.41) is 2.56. The lowest BCUT2D eigenvalue weighted by Crippen LogP contribution is -2.15. The molecule has 0 saturated carbocycles. The van der Waals surface area contributed by atoms with E-state index in [1.165, 1.54) is 12.3 Å². The molecule has 0 atom stereocenters. The molecular weight excluding hydrogens is 301 g/mol. The van der Waals surface area contributed by atoms with Crippen LogP contribution in [0, 0.1) is 12.7 Å². The largest absolute Gasteiger partial charge is 0.306 e. The third-order valence-electron chi connectivity index (χ3n) is 2.29. The highest BCUT2D eigenvalue weighted by Gasteiger charge is 2.13. The minimum Gasteiger partial charge on any atom is -0.306 e. The number of carbonyl (C=O) groups excluding carboxylic acids is 1. The van der Waals surface area contributed by atoms with E-state index in [0.29, 0.717) is 5.82 Å². The van der Waals surface area contributed by atoms with E-state index in [0.717, 1.165) is 16.2 Å². The minimum atomic E-state index is -0.662. The second-order valence-electron chi connectivity index (χ2n) is 3.63. The average molecular weight is 310 g/mol. The Kier molecular flexibility index (Phi) is 3.66. The van der Waals surface area contributed by atoms with E-state index in [-0.39, 0.29) is 5.56 Å². The SMILES string of the molecule is Cc1cc(Br)cnc1NC(=O)c1ccncc1F. The summed E-state index contributed by atoms with van der Waals surface area (Å²) in [4.78, 5) is 19.5. The van der Waals surface area contributed by atoms with E-state index >= 15 is 0 Å². The predicted molar refractivity (Wildman–Crippen MR) is 68.8 cm³/mol. The molecule has 2 aromatic heterocycles. The average Bonchev–Trinajstić information content (AvgIpc) is 2.33. The summed E-state index contributed by atoms with van der Waals surface area (Å²) in [5.41, 5.74) is 0.723. The van der Waals surface area contributed by atoms with Crippen LogP contribution in [0.4, 0.5) is 10.2 Å². The van der Waals surface area contributed by atoms with Gasteiger partial charge in [-0.15, -0.1) is 0 Å². The van der Waals surface area contributed by atoms with Gasteiger partial charge in [0.2, 0.25) is 0 Å². The second-order valence-corrected chi connectivity index (χ2v) is 4.54. The van der Waals surface area contributed by atoms with Crippen LogP contribution in [0.2, 0.25) is 0 Å². The molecule has 0 radical (unpaired) electrons. The van der Waals surface area contributed by atoms with Crippen molar-refractivity contribution in [3.8, 4) is 0 Å². The van der Waals surface area contributed by atoms with Crippen molar-refractivity contribution in [2.24, 2.45) is 0 Å². The van der Waals surface area contributed by atoms with Crippen molar-refractivity contribution in [2.75, 3.05) is 5.32 Å². The summed E-state index contributed by atoms with van der Waals surface area (Å²) >= 11 is 3.28. The van der Waals surface area contributed by atoms with Gasteiger partial charge in [0.15, 0.2) is 5.82 Å². The zero-order chi connectivity index (χ0) is 13.1. The summed E-state index contributed by atoms with van der Waals surface area (Å²) in [6.45, 7) is 1.80. The minimum absolute atomic E-state index is 0.0610. The first kappa shape index (κ1) is 12.6. The fourth-order valence-corrected chi connectivity index (χ4v) is 1.85. The van der Waals surface area contributed by atoms with Crippen LogP contribution in [-0.2, 0) is 0 Å². The number of halogens is 2. The zero-order valence-electron chi connectivity index (χ0n) is 9.45. The number of hydrogen-bond donors (Lipinski definition) is 1. The van der Waals surface area contributed by atoms with Crippen molar-refractivity contribution in [1.82, 2.24) is 9.97 Å². The van der Waals surface area contributed by atoms with Gasteiger partial charge in [-0.25, -0.2) is 9.37 Å². The van der Waals surface area contributed by atoms with Crippen LogP contribution in [0.5, 0.6) is 0 Å². The van der Waals surface area contributed by atoms with Crippen molar-refractivity contribution in [1.29, 1.82) is 0 Å². The number of carbonyl (C=O) groups is 1. The van der Waals surface area contributed by atoms with Crippen molar-refractivity contribution >= 4 is 27.7 Å². The second kappa shape index (κ2) is 5.22. The fraction of sp³-hybridized carbons (Fsp3) is 0.0833. The molecule has 2 heterocycles. The van der Waals surface area contributed by atoms with Crippen molar-refractivity contribution < 1.29 is 9.18 Å². The van der Waals surface area contributed by atoms with Gasteiger partial charge < -0.3 is 5.32 Å². The van der Waals surface area contributed by atoms with Gasteiger partial charge in [0.05, 0.1) is 11.8 Å². The van der Waals surface area contributed by atoms with Crippen LogP contribution in [0.1, 0.15) is 15.9 Å². The third-order valence-corrected chi connectivity index (χ3v) is 2.73. The van der Waals surface area contributed by atoms with Gasteiger partial charge in [0.25, 0.3) is 5.91 Å². The van der Waals surface area contributed by atoms with Gasteiger partial charge >= 0.3 is 0 Å². The molecule has 0 aromatic carbocycles. The van der Waals surface area contributed by atoms with E-state index in [4.69, 9.17) is 0 Å². The maximum absolute atomic E-state index is 13.4. The lowest BCUT2D eigenvalue weighted by molar-refractivity contribution is 0.102. The highest BCUT2D eigenvalue weighted by molar-refractivity contribution is 9.10. The maximum atomic E-state index is 13.4. The Balaban J connectivity index is 2.24. The first-order valence-corrected chi connectivity index (χ1v) is 5.90. The number of anilines is 1. The summed E-state index contributed by atoms with van der Waals surface area (Å²) in [6.07, 6.45) is 3.92. The van der Waals surface area contributed by atoms with E-state index in [1.54, 1.807) is 13.1 Å². The van der Waals surface area contributed by atoms with Gasteiger partial charge in [-0.3, -0.25) is 9.78 Å². The quantitative estimate of drug-likeness (QED) is 0.928. The standard InChI is InChI=1S/C12H9BrFN3O/c1-7-4-8(13)5-16-11(7)17-12(18)9-2-3-15-6-10(9)14/h2-6H,1H3,(H,16,17,18). The Morgan fingerprint density at radius 1 is 1.44 bits per heavy atom. The fourth-order valence-electron chi connectivity index (χ4n) is 1.41. The molecular formula is C12H9BrFN3O. The molecule has 6 heteroatoms. The van der Waals surface area contributed by atoms with Crippen LogP contribution in [0.3, 0.4) is 0 Å².